The topological polar surface area (TPSA) is 55.1 Å². The van der Waals surface area contributed by atoms with E-state index in [0.29, 0.717) is 5.92 Å². The fourth-order valence-corrected chi connectivity index (χ4v) is 1.82. The van der Waals surface area contributed by atoms with E-state index in [1.807, 2.05) is 20.8 Å². The standard InChI is InChI=1S/C13H28N2O/c1-7-10(8-2)9(3)15-12(16)11(14)13(4,5)6/h9-11H,7-8,14H2,1-6H3,(H,15,16)/t9?,11-/m1/s1. The lowest BCUT2D eigenvalue weighted by Crippen LogP contribution is -2.52. The molecule has 0 aliphatic carbocycles. The molecule has 0 aromatic carbocycles. The Labute approximate surface area is 100 Å². The van der Waals surface area contributed by atoms with Crippen LogP contribution in [-0.4, -0.2) is 18.0 Å². The molecule has 0 aromatic heterocycles. The Kier molecular flexibility index (Phi) is 6.01. The van der Waals surface area contributed by atoms with Crippen molar-refractivity contribution in [1.29, 1.82) is 0 Å². The van der Waals surface area contributed by atoms with Crippen LogP contribution in [0.25, 0.3) is 0 Å². The Balaban J connectivity index is 4.34. The first-order valence-corrected chi connectivity index (χ1v) is 6.29. The van der Waals surface area contributed by atoms with Gasteiger partial charge >= 0.3 is 0 Å². The molecule has 0 radical (unpaired) electrons. The van der Waals surface area contributed by atoms with Gasteiger partial charge in [0.2, 0.25) is 5.91 Å². The molecular weight excluding hydrogens is 200 g/mol. The third kappa shape index (κ3) is 4.52. The third-order valence-corrected chi connectivity index (χ3v) is 3.34. The molecule has 0 heterocycles. The molecule has 2 atom stereocenters. The second kappa shape index (κ2) is 6.24. The highest BCUT2D eigenvalue weighted by molar-refractivity contribution is 5.82. The van der Waals surface area contributed by atoms with Gasteiger partial charge in [-0.15, -0.1) is 0 Å². The molecule has 3 N–H and O–H groups in total. The predicted molar refractivity (Wildman–Crippen MR) is 69.1 cm³/mol. The number of carbonyl (C=O) groups excluding carboxylic acids is 1. The first-order chi connectivity index (χ1) is 7.23. The van der Waals surface area contributed by atoms with Gasteiger partial charge in [0, 0.05) is 6.04 Å². The number of hydrogen-bond acceptors (Lipinski definition) is 2. The lowest BCUT2D eigenvalue weighted by Gasteiger charge is -2.29. The Hall–Kier alpha value is -0.570. The average Bonchev–Trinajstić information content (AvgIpc) is 2.16. The number of hydrogen-bond donors (Lipinski definition) is 2. The molecule has 16 heavy (non-hydrogen) atoms. The molecule has 0 saturated carbocycles. The minimum absolute atomic E-state index is 0.0353. The van der Waals surface area contributed by atoms with Crippen molar-refractivity contribution in [1.82, 2.24) is 5.32 Å². The molecule has 0 saturated heterocycles. The second-order valence-corrected chi connectivity index (χ2v) is 5.72. The Morgan fingerprint density at radius 1 is 1.25 bits per heavy atom. The van der Waals surface area contributed by atoms with Gasteiger partial charge in [-0.05, 0) is 18.3 Å². The van der Waals surface area contributed by atoms with Crippen LogP contribution in [0.4, 0.5) is 0 Å². The number of nitrogens with two attached hydrogens (primary N) is 1. The summed E-state index contributed by atoms with van der Waals surface area (Å²) in [6.07, 6.45) is 2.17. The van der Waals surface area contributed by atoms with Crippen LogP contribution in [0.5, 0.6) is 0 Å². The van der Waals surface area contributed by atoms with E-state index >= 15 is 0 Å². The maximum Gasteiger partial charge on any atom is 0.237 e. The van der Waals surface area contributed by atoms with Crippen LogP contribution in [0.1, 0.15) is 54.4 Å². The summed E-state index contributed by atoms with van der Waals surface area (Å²) in [7, 11) is 0. The minimum Gasteiger partial charge on any atom is -0.352 e. The van der Waals surface area contributed by atoms with Gasteiger partial charge in [0.25, 0.3) is 0 Å². The van der Waals surface area contributed by atoms with Crippen molar-refractivity contribution < 1.29 is 4.79 Å². The van der Waals surface area contributed by atoms with E-state index < -0.39 is 6.04 Å². The van der Waals surface area contributed by atoms with Gasteiger partial charge in [-0.2, -0.15) is 0 Å². The Morgan fingerprint density at radius 3 is 2.00 bits per heavy atom. The van der Waals surface area contributed by atoms with Crippen molar-refractivity contribution in [3.63, 3.8) is 0 Å². The van der Waals surface area contributed by atoms with Crippen LogP contribution in [0.15, 0.2) is 0 Å². The molecule has 0 aromatic rings. The van der Waals surface area contributed by atoms with Crippen molar-refractivity contribution in [2.24, 2.45) is 17.1 Å². The van der Waals surface area contributed by atoms with E-state index in [-0.39, 0.29) is 17.4 Å². The van der Waals surface area contributed by atoms with Gasteiger partial charge in [-0.1, -0.05) is 47.5 Å². The fraction of sp³-hybridized carbons (Fsp3) is 0.923. The van der Waals surface area contributed by atoms with Gasteiger partial charge in [0.15, 0.2) is 0 Å². The molecule has 3 nitrogen and oxygen atoms in total. The highest BCUT2D eigenvalue weighted by Gasteiger charge is 2.29. The quantitative estimate of drug-likeness (QED) is 0.758. The molecular formula is C13H28N2O. The zero-order valence-corrected chi connectivity index (χ0v) is 11.6. The summed E-state index contributed by atoms with van der Waals surface area (Å²) < 4.78 is 0. The maximum absolute atomic E-state index is 11.9. The molecule has 1 amide bonds. The Bertz CT molecular complexity index is 216. The van der Waals surface area contributed by atoms with Crippen LogP contribution in [0.2, 0.25) is 0 Å². The summed E-state index contributed by atoms with van der Waals surface area (Å²) in [4.78, 5) is 11.9. The number of rotatable bonds is 5. The molecule has 0 rings (SSSR count). The zero-order chi connectivity index (χ0) is 12.9. The average molecular weight is 228 g/mol. The Morgan fingerprint density at radius 2 is 1.69 bits per heavy atom. The molecule has 0 fully saturated rings. The summed E-state index contributed by atoms with van der Waals surface area (Å²) in [6.45, 7) is 12.3. The van der Waals surface area contributed by atoms with Gasteiger partial charge in [-0.3, -0.25) is 4.79 Å². The second-order valence-electron chi connectivity index (χ2n) is 5.72. The summed E-state index contributed by atoms with van der Waals surface area (Å²) in [6, 6.07) is -0.236. The van der Waals surface area contributed by atoms with E-state index in [4.69, 9.17) is 5.73 Å². The fourth-order valence-electron chi connectivity index (χ4n) is 1.82. The summed E-state index contributed by atoms with van der Waals surface area (Å²) in [5.74, 6) is 0.503. The van der Waals surface area contributed by atoms with E-state index in [0.717, 1.165) is 12.8 Å². The van der Waals surface area contributed by atoms with E-state index in [1.54, 1.807) is 0 Å². The monoisotopic (exact) mass is 228 g/mol. The first kappa shape index (κ1) is 15.4. The number of nitrogens with one attached hydrogen (secondary N) is 1. The van der Waals surface area contributed by atoms with Crippen LogP contribution in [0, 0.1) is 11.3 Å². The van der Waals surface area contributed by atoms with Gasteiger partial charge < -0.3 is 11.1 Å². The zero-order valence-electron chi connectivity index (χ0n) is 11.6. The highest BCUT2D eigenvalue weighted by Crippen LogP contribution is 2.18. The SMILES string of the molecule is CCC(CC)C(C)NC(=O)[C@@H](N)C(C)(C)C. The van der Waals surface area contributed by atoms with Crippen molar-refractivity contribution in [3.05, 3.63) is 0 Å². The summed E-state index contributed by atoms with van der Waals surface area (Å²) >= 11 is 0. The van der Waals surface area contributed by atoms with E-state index in [2.05, 4.69) is 26.1 Å². The molecule has 0 aliphatic rings. The normalized spacial score (nSPS) is 16.0. The molecule has 0 bridgehead atoms. The highest BCUT2D eigenvalue weighted by atomic mass is 16.2. The van der Waals surface area contributed by atoms with Crippen LogP contribution < -0.4 is 11.1 Å². The molecule has 0 aliphatic heterocycles. The first-order valence-electron chi connectivity index (χ1n) is 6.29. The minimum atomic E-state index is -0.440. The van der Waals surface area contributed by atoms with Crippen molar-refractivity contribution in [2.75, 3.05) is 0 Å². The predicted octanol–water partition coefficient (Wildman–Crippen LogP) is 2.30. The van der Waals surface area contributed by atoms with E-state index in [1.165, 1.54) is 0 Å². The molecule has 0 spiro atoms. The third-order valence-electron chi connectivity index (χ3n) is 3.34. The molecule has 96 valence electrons. The lowest BCUT2D eigenvalue weighted by atomic mass is 9.86. The van der Waals surface area contributed by atoms with Crippen molar-refractivity contribution >= 4 is 5.91 Å². The van der Waals surface area contributed by atoms with Gasteiger partial charge in [0.05, 0.1) is 6.04 Å². The molecule has 3 heteroatoms. The maximum atomic E-state index is 11.9. The number of carbonyl (C=O) groups is 1. The van der Waals surface area contributed by atoms with Crippen LogP contribution in [-0.2, 0) is 4.79 Å². The van der Waals surface area contributed by atoms with Gasteiger partial charge in [-0.25, -0.2) is 0 Å². The smallest absolute Gasteiger partial charge is 0.237 e. The van der Waals surface area contributed by atoms with Crippen molar-refractivity contribution in [2.45, 2.75) is 66.5 Å². The summed E-state index contributed by atoms with van der Waals surface area (Å²) in [5, 5.41) is 3.02. The lowest BCUT2D eigenvalue weighted by molar-refractivity contribution is -0.125. The van der Waals surface area contributed by atoms with Gasteiger partial charge in [0.1, 0.15) is 0 Å². The number of amides is 1. The van der Waals surface area contributed by atoms with E-state index in [9.17, 15) is 4.79 Å². The van der Waals surface area contributed by atoms with Crippen LogP contribution in [0.3, 0.4) is 0 Å². The van der Waals surface area contributed by atoms with Crippen molar-refractivity contribution in [3.8, 4) is 0 Å². The molecule has 1 unspecified atom stereocenters. The van der Waals surface area contributed by atoms with Crippen LogP contribution >= 0.6 is 0 Å². The largest absolute Gasteiger partial charge is 0.352 e. The summed E-state index contributed by atoms with van der Waals surface area (Å²) in [5.41, 5.74) is 5.73.